The zero-order chi connectivity index (χ0) is 45.8. The number of nitrogens with one attached hydrogen (secondary N) is 1. The van der Waals surface area contributed by atoms with Crippen molar-refractivity contribution in [2.75, 3.05) is 47.9 Å². The number of ketones is 1. The van der Waals surface area contributed by atoms with Gasteiger partial charge in [-0.15, -0.1) is 11.3 Å². The van der Waals surface area contributed by atoms with E-state index in [1.165, 1.54) is 4.88 Å². The molecule has 2 aromatic rings. The van der Waals surface area contributed by atoms with E-state index < -0.39 is 36.6 Å². The number of fused-ring (bicyclic) bond motifs is 8. The van der Waals surface area contributed by atoms with E-state index in [1.807, 2.05) is 37.3 Å². The molecule has 1 aromatic carbocycles. The molecule has 3 fully saturated rings. The molecule has 64 heavy (non-hydrogen) atoms. The third kappa shape index (κ3) is 10.5. The number of Topliss-reactive ketones (excluding diaryl/α,β-unsaturated/α-hetero) is 1. The molecular formula is C50H75N3O10S. The Bertz CT molecular complexity index is 1880. The third-order valence-electron chi connectivity index (χ3n) is 15.0. The number of hydrogen-bond donors (Lipinski definition) is 1. The Morgan fingerprint density at radius 3 is 2.28 bits per heavy atom. The molecule has 5 aliphatic rings. The predicted octanol–water partition coefficient (Wildman–Crippen LogP) is 8.65. The van der Waals surface area contributed by atoms with Crippen molar-refractivity contribution in [3.8, 4) is 0 Å². The van der Waals surface area contributed by atoms with E-state index in [0.29, 0.717) is 24.5 Å². The Morgan fingerprint density at radius 1 is 0.906 bits per heavy atom. The summed E-state index contributed by atoms with van der Waals surface area (Å²) in [5.74, 6) is -0.929. The minimum Gasteiger partial charge on any atom is -0.462 e. The van der Waals surface area contributed by atoms with Crippen LogP contribution in [-0.4, -0.2) is 126 Å². The highest BCUT2D eigenvalue weighted by Crippen LogP contribution is 2.63. The first-order valence-electron chi connectivity index (χ1n) is 23.8. The fraction of sp³-hybridized carbons (Fsp3) is 0.740. The Kier molecular flexibility index (Phi) is 16.8. The van der Waals surface area contributed by atoms with Crippen molar-refractivity contribution in [2.24, 2.45) is 29.6 Å². The van der Waals surface area contributed by atoms with Gasteiger partial charge in [0, 0.05) is 68.7 Å². The number of carbonyl (C=O) groups excluding carboxylic acids is 2. The van der Waals surface area contributed by atoms with E-state index in [4.69, 9.17) is 42.9 Å². The molecule has 16 atom stereocenters. The molecule has 0 radical (unpaired) electrons. The number of rotatable bonds is 16. The van der Waals surface area contributed by atoms with Crippen LogP contribution in [0.1, 0.15) is 115 Å². The number of thiazole rings is 1. The number of ether oxygens (including phenoxy) is 8. The van der Waals surface area contributed by atoms with Crippen LogP contribution in [0.3, 0.4) is 0 Å². The van der Waals surface area contributed by atoms with Crippen molar-refractivity contribution >= 4 is 33.9 Å². The van der Waals surface area contributed by atoms with Crippen LogP contribution >= 0.6 is 11.3 Å². The summed E-state index contributed by atoms with van der Waals surface area (Å²) in [6.45, 7) is 10.4. The molecule has 7 rings (SSSR count). The number of para-hydroxylation sites is 1. The van der Waals surface area contributed by atoms with Crippen LogP contribution in [0.15, 0.2) is 42.0 Å². The van der Waals surface area contributed by atoms with Crippen molar-refractivity contribution in [3.63, 3.8) is 0 Å². The Labute approximate surface area is 385 Å². The molecule has 356 valence electrons. The van der Waals surface area contributed by atoms with Gasteiger partial charge >= 0.3 is 5.97 Å². The molecule has 0 amide bonds. The van der Waals surface area contributed by atoms with E-state index in [-0.39, 0.29) is 78.3 Å². The van der Waals surface area contributed by atoms with Crippen LogP contribution < -0.4 is 5.32 Å². The standard InChI is InChI=1S/C50H75N3O10S/c1-12-31-19-16-20-39(63-41-22-21-38(53(6)7)29(5)60-41)28(4)44(55)36-25-34-33-23-32(62-49(59-11)47(58-10)46(57-9)45(56-8)27(2)3)24-37(33)48-43(42(34)35(36)26-40(54)61-31)52-50(64-48)51-30-17-14-13-15-18-30/h13-15,17-18,25,27-29,31-35,37-39,41-42,45-47,49H,12,16,19-24,26H2,1-11H3,(H,51,52)/t28-,29?,31+,32+,33+,34+,35-,37?,38+,39+,41+,42?,45?,46?,47?,49?/m1/s1. The lowest BCUT2D eigenvalue weighted by molar-refractivity contribution is -0.246. The van der Waals surface area contributed by atoms with Crippen molar-refractivity contribution in [1.82, 2.24) is 9.88 Å². The van der Waals surface area contributed by atoms with Crippen molar-refractivity contribution < 1.29 is 47.5 Å². The van der Waals surface area contributed by atoms with Crippen LogP contribution in [-0.2, 0) is 47.5 Å². The number of likely N-dealkylation sites (N-methyl/N-ethyl adjacent to an activating group) is 1. The Morgan fingerprint density at radius 2 is 1.64 bits per heavy atom. The molecule has 0 spiro atoms. The Balaban J connectivity index is 1.23. The van der Waals surface area contributed by atoms with E-state index in [2.05, 4.69) is 58.1 Å². The van der Waals surface area contributed by atoms with Gasteiger partial charge in [0.05, 0.1) is 36.5 Å². The van der Waals surface area contributed by atoms with Crippen LogP contribution in [0.4, 0.5) is 10.8 Å². The molecule has 2 saturated heterocycles. The fourth-order valence-electron chi connectivity index (χ4n) is 11.8. The fourth-order valence-corrected chi connectivity index (χ4v) is 13.0. The minimum atomic E-state index is -0.731. The van der Waals surface area contributed by atoms with Gasteiger partial charge < -0.3 is 48.1 Å². The molecule has 7 unspecified atom stereocenters. The van der Waals surface area contributed by atoms with Gasteiger partial charge in [-0.3, -0.25) is 9.59 Å². The molecule has 1 aromatic heterocycles. The van der Waals surface area contributed by atoms with Gasteiger partial charge in [0.1, 0.15) is 18.3 Å². The van der Waals surface area contributed by atoms with Crippen LogP contribution in [0.25, 0.3) is 0 Å². The molecule has 1 saturated carbocycles. The number of carbonyl (C=O) groups is 2. The zero-order valence-corrected chi connectivity index (χ0v) is 40.8. The topological polar surface area (TPSA) is 136 Å². The lowest BCUT2D eigenvalue weighted by Gasteiger charge is -2.40. The van der Waals surface area contributed by atoms with E-state index >= 15 is 4.79 Å². The molecule has 1 N–H and O–H groups in total. The molecule has 13 nitrogen and oxygen atoms in total. The highest BCUT2D eigenvalue weighted by molar-refractivity contribution is 7.15. The van der Waals surface area contributed by atoms with Gasteiger partial charge in [0.25, 0.3) is 0 Å². The summed E-state index contributed by atoms with van der Waals surface area (Å²) in [6, 6.07) is 10.4. The summed E-state index contributed by atoms with van der Waals surface area (Å²) in [5, 5.41) is 4.36. The highest BCUT2D eigenvalue weighted by atomic mass is 32.1. The number of hydrogen-bond acceptors (Lipinski definition) is 14. The van der Waals surface area contributed by atoms with E-state index in [1.54, 1.807) is 39.8 Å². The van der Waals surface area contributed by atoms with Gasteiger partial charge in [-0.1, -0.05) is 52.0 Å². The van der Waals surface area contributed by atoms with Gasteiger partial charge in [-0.05, 0) is 108 Å². The van der Waals surface area contributed by atoms with Crippen molar-refractivity contribution in [2.45, 2.75) is 166 Å². The predicted molar refractivity (Wildman–Crippen MR) is 247 cm³/mol. The quantitative estimate of drug-likeness (QED) is 0.127. The molecule has 3 aliphatic carbocycles. The first-order chi connectivity index (χ1) is 30.8. The summed E-state index contributed by atoms with van der Waals surface area (Å²) in [7, 11) is 10.8. The van der Waals surface area contributed by atoms with E-state index in [9.17, 15) is 4.79 Å². The smallest absolute Gasteiger partial charge is 0.306 e. The Hall–Kier alpha value is -2.79. The maximum absolute atomic E-state index is 15.2. The van der Waals surface area contributed by atoms with Gasteiger partial charge in [-0.25, -0.2) is 4.98 Å². The van der Waals surface area contributed by atoms with Crippen LogP contribution in [0.2, 0.25) is 0 Å². The normalized spacial score (nSPS) is 34.0. The average Bonchev–Trinajstić information content (AvgIpc) is 3.99. The summed E-state index contributed by atoms with van der Waals surface area (Å²) >= 11 is 1.67. The lowest BCUT2D eigenvalue weighted by Crippen LogP contribution is -2.51. The lowest BCUT2D eigenvalue weighted by atomic mass is 9.67. The second-order valence-corrected chi connectivity index (χ2v) is 20.4. The maximum atomic E-state index is 15.2. The summed E-state index contributed by atoms with van der Waals surface area (Å²) in [6.07, 6.45) is 5.26. The zero-order valence-electron chi connectivity index (χ0n) is 40.0. The van der Waals surface area contributed by atoms with Crippen LogP contribution in [0.5, 0.6) is 0 Å². The highest BCUT2D eigenvalue weighted by Gasteiger charge is 2.56. The first-order valence-corrected chi connectivity index (χ1v) is 24.6. The number of allylic oxidation sites excluding steroid dienone is 2. The minimum absolute atomic E-state index is 0.00365. The third-order valence-corrected chi connectivity index (χ3v) is 16.1. The van der Waals surface area contributed by atoms with Crippen molar-refractivity contribution in [1.29, 1.82) is 0 Å². The molecule has 2 aliphatic heterocycles. The summed E-state index contributed by atoms with van der Waals surface area (Å²) < 4.78 is 50.5. The number of methoxy groups -OCH3 is 4. The van der Waals surface area contributed by atoms with Crippen LogP contribution in [0, 0.1) is 29.6 Å². The number of aromatic nitrogens is 1. The second kappa shape index (κ2) is 21.9. The molecule has 3 heterocycles. The largest absolute Gasteiger partial charge is 0.462 e. The molecule has 0 bridgehead atoms. The van der Waals surface area contributed by atoms with Crippen molar-refractivity contribution in [3.05, 3.63) is 52.6 Å². The number of esters is 1. The number of anilines is 2. The molecule has 14 heteroatoms. The SMILES string of the molecule is CC[C@H]1CCC[C@H](O[C@H]2CC[C@H](N(C)C)C(C)O2)[C@@H](C)C(=O)C2=C[C@@H]3C(c4nc(Nc5ccccc5)sc4C4C[C@@H](OC(OC)C(OC)C(OC)C(OC)C(C)C)C[C@H]43)[C@@H]2CC(=O)O1. The maximum Gasteiger partial charge on any atom is 0.306 e. The second-order valence-electron chi connectivity index (χ2n) is 19.4. The summed E-state index contributed by atoms with van der Waals surface area (Å²) in [5.41, 5.74) is 2.61. The first kappa shape index (κ1) is 49.1. The average molecular weight is 910 g/mol. The number of nitrogens with zero attached hydrogens (tertiary/aromatic N) is 2. The van der Waals surface area contributed by atoms with Gasteiger partial charge in [0.15, 0.2) is 23.5 Å². The van der Waals surface area contributed by atoms with Gasteiger partial charge in [0.2, 0.25) is 0 Å². The van der Waals surface area contributed by atoms with E-state index in [0.717, 1.165) is 55.0 Å². The monoisotopic (exact) mass is 910 g/mol. The summed E-state index contributed by atoms with van der Waals surface area (Å²) in [4.78, 5) is 38.1. The number of cyclic esters (lactones) is 1. The number of benzene rings is 1. The molecular weight excluding hydrogens is 835 g/mol. The van der Waals surface area contributed by atoms with Gasteiger partial charge in [-0.2, -0.15) is 0 Å².